The molecular formula is C17H18FN3O2. The maximum Gasteiger partial charge on any atom is 0.322 e. The molecule has 6 heteroatoms. The molecule has 1 saturated heterocycles. The van der Waals surface area contributed by atoms with Crippen molar-refractivity contribution in [3.63, 3.8) is 0 Å². The molecule has 2 aromatic carbocycles. The summed E-state index contributed by atoms with van der Waals surface area (Å²) in [5.41, 5.74) is 1.20. The van der Waals surface area contributed by atoms with E-state index in [-0.39, 0.29) is 17.5 Å². The van der Waals surface area contributed by atoms with Crippen LogP contribution in [-0.2, 0) is 0 Å². The summed E-state index contributed by atoms with van der Waals surface area (Å²) in [6.45, 7) is 2.49. The van der Waals surface area contributed by atoms with Gasteiger partial charge in [-0.15, -0.1) is 0 Å². The molecule has 3 rings (SSSR count). The van der Waals surface area contributed by atoms with Crippen LogP contribution < -0.4 is 10.2 Å². The summed E-state index contributed by atoms with van der Waals surface area (Å²) in [7, 11) is 0. The Morgan fingerprint density at radius 3 is 2.30 bits per heavy atom. The van der Waals surface area contributed by atoms with Gasteiger partial charge in [0.25, 0.3) is 0 Å². The van der Waals surface area contributed by atoms with Gasteiger partial charge >= 0.3 is 6.03 Å². The molecule has 5 nitrogen and oxygen atoms in total. The fraction of sp³-hybridized carbons (Fsp3) is 0.235. The minimum absolute atomic E-state index is 0.193. The topological polar surface area (TPSA) is 55.8 Å². The van der Waals surface area contributed by atoms with Crippen LogP contribution >= 0.6 is 0 Å². The highest BCUT2D eigenvalue weighted by molar-refractivity contribution is 5.89. The van der Waals surface area contributed by atoms with Gasteiger partial charge in [0.15, 0.2) is 0 Å². The quantitative estimate of drug-likeness (QED) is 0.896. The van der Waals surface area contributed by atoms with E-state index in [2.05, 4.69) is 10.2 Å². The number of anilines is 2. The zero-order valence-electron chi connectivity index (χ0n) is 12.6. The number of nitrogens with one attached hydrogen (secondary N) is 1. The predicted octanol–water partition coefficient (Wildman–Crippen LogP) is 2.89. The third-order valence-electron chi connectivity index (χ3n) is 3.90. The van der Waals surface area contributed by atoms with E-state index in [1.165, 1.54) is 6.07 Å². The Bertz CT molecular complexity index is 682. The third kappa shape index (κ3) is 3.53. The highest BCUT2D eigenvalue weighted by atomic mass is 19.1. The summed E-state index contributed by atoms with van der Waals surface area (Å²) >= 11 is 0. The molecule has 1 aliphatic rings. The maximum absolute atomic E-state index is 13.6. The summed E-state index contributed by atoms with van der Waals surface area (Å²) in [6, 6.07) is 12.8. The highest BCUT2D eigenvalue weighted by Gasteiger charge is 2.21. The van der Waals surface area contributed by atoms with Crippen molar-refractivity contribution in [1.29, 1.82) is 0 Å². The first kappa shape index (κ1) is 15.1. The number of urea groups is 1. The molecule has 0 bridgehead atoms. The lowest BCUT2D eigenvalue weighted by Gasteiger charge is -2.36. The number of halogens is 1. The number of benzene rings is 2. The number of rotatable bonds is 2. The second-order valence-electron chi connectivity index (χ2n) is 5.40. The van der Waals surface area contributed by atoms with Gasteiger partial charge in [-0.25, -0.2) is 9.18 Å². The van der Waals surface area contributed by atoms with E-state index in [9.17, 15) is 14.3 Å². The number of piperazine rings is 1. The Morgan fingerprint density at radius 1 is 1.00 bits per heavy atom. The van der Waals surface area contributed by atoms with Gasteiger partial charge in [0.2, 0.25) is 0 Å². The molecule has 2 N–H and O–H groups in total. The molecule has 0 aliphatic carbocycles. The second-order valence-corrected chi connectivity index (χ2v) is 5.40. The Hall–Kier alpha value is -2.76. The van der Waals surface area contributed by atoms with Crippen LogP contribution in [0.4, 0.5) is 20.6 Å². The van der Waals surface area contributed by atoms with Crippen molar-refractivity contribution < 1.29 is 14.3 Å². The summed E-state index contributed by atoms with van der Waals surface area (Å²) in [6.07, 6.45) is 0. The van der Waals surface area contributed by atoms with Gasteiger partial charge in [0, 0.05) is 31.9 Å². The van der Waals surface area contributed by atoms with Gasteiger partial charge in [-0.05, 0) is 36.4 Å². The number of aromatic hydroxyl groups is 1. The summed E-state index contributed by atoms with van der Waals surface area (Å²) in [4.78, 5) is 16.0. The van der Waals surface area contributed by atoms with Crippen LogP contribution in [0.15, 0.2) is 48.5 Å². The molecule has 0 radical (unpaired) electrons. The van der Waals surface area contributed by atoms with Crippen LogP contribution in [0.1, 0.15) is 0 Å². The molecule has 0 unspecified atom stereocenters. The van der Waals surface area contributed by atoms with Crippen molar-refractivity contribution in [1.82, 2.24) is 4.90 Å². The largest absolute Gasteiger partial charge is 0.508 e. The van der Waals surface area contributed by atoms with E-state index < -0.39 is 5.82 Å². The maximum atomic E-state index is 13.6. The number of para-hydroxylation sites is 1. The molecule has 0 saturated carbocycles. The average molecular weight is 315 g/mol. The van der Waals surface area contributed by atoms with E-state index >= 15 is 0 Å². The predicted molar refractivity (Wildman–Crippen MR) is 87.3 cm³/mol. The van der Waals surface area contributed by atoms with Crippen molar-refractivity contribution in [2.75, 3.05) is 36.4 Å². The van der Waals surface area contributed by atoms with Gasteiger partial charge in [-0.3, -0.25) is 0 Å². The Kier molecular flexibility index (Phi) is 4.32. The number of carbonyl (C=O) groups is 1. The van der Waals surface area contributed by atoms with E-state index in [0.717, 1.165) is 5.69 Å². The van der Waals surface area contributed by atoms with Crippen LogP contribution in [0.5, 0.6) is 5.75 Å². The van der Waals surface area contributed by atoms with Crippen LogP contribution in [0.3, 0.4) is 0 Å². The number of nitrogens with zero attached hydrogens (tertiary/aromatic N) is 2. The molecule has 0 aromatic heterocycles. The third-order valence-corrected chi connectivity index (χ3v) is 3.90. The number of amides is 2. The standard InChI is InChI=1S/C17H18FN3O2/c18-15-3-1-2-4-16(15)19-17(23)21-11-9-20(10-12-21)13-5-7-14(22)8-6-13/h1-8,22H,9-12H2,(H,19,23). The van der Waals surface area contributed by atoms with Crippen LogP contribution in [0, 0.1) is 5.82 Å². The lowest BCUT2D eigenvalue weighted by Crippen LogP contribution is -2.50. The van der Waals surface area contributed by atoms with Crippen molar-refractivity contribution in [2.45, 2.75) is 0 Å². The summed E-state index contributed by atoms with van der Waals surface area (Å²) in [5, 5.41) is 11.9. The Morgan fingerprint density at radius 2 is 1.65 bits per heavy atom. The number of carbonyl (C=O) groups excluding carboxylic acids is 1. The van der Waals surface area contributed by atoms with Crippen molar-refractivity contribution in [2.24, 2.45) is 0 Å². The van der Waals surface area contributed by atoms with Crippen molar-refractivity contribution >= 4 is 17.4 Å². The molecule has 2 aromatic rings. The second kappa shape index (κ2) is 6.56. The van der Waals surface area contributed by atoms with Crippen LogP contribution in [-0.4, -0.2) is 42.2 Å². The number of hydrogen-bond donors (Lipinski definition) is 2. The first-order valence-electron chi connectivity index (χ1n) is 7.48. The SMILES string of the molecule is O=C(Nc1ccccc1F)N1CCN(c2ccc(O)cc2)CC1. The molecule has 0 spiro atoms. The van der Waals surface area contributed by atoms with Gasteiger partial charge in [-0.2, -0.15) is 0 Å². The van der Waals surface area contributed by atoms with Gasteiger partial charge in [-0.1, -0.05) is 12.1 Å². The van der Waals surface area contributed by atoms with Crippen molar-refractivity contribution in [3.05, 3.63) is 54.3 Å². The zero-order chi connectivity index (χ0) is 16.2. The lowest BCUT2D eigenvalue weighted by atomic mass is 10.2. The average Bonchev–Trinajstić information content (AvgIpc) is 2.58. The van der Waals surface area contributed by atoms with Crippen LogP contribution in [0.2, 0.25) is 0 Å². The van der Waals surface area contributed by atoms with Gasteiger partial charge in [0.1, 0.15) is 11.6 Å². The minimum atomic E-state index is -0.441. The smallest absolute Gasteiger partial charge is 0.322 e. The first-order valence-corrected chi connectivity index (χ1v) is 7.48. The molecule has 0 atom stereocenters. The van der Waals surface area contributed by atoms with E-state index in [1.807, 2.05) is 12.1 Å². The first-order chi connectivity index (χ1) is 11.1. The summed E-state index contributed by atoms with van der Waals surface area (Å²) < 4.78 is 13.6. The summed E-state index contributed by atoms with van der Waals surface area (Å²) in [5.74, 6) is -0.208. The number of phenols is 1. The fourth-order valence-corrected chi connectivity index (χ4v) is 2.59. The van der Waals surface area contributed by atoms with Gasteiger partial charge in [0.05, 0.1) is 5.69 Å². The molecule has 120 valence electrons. The highest BCUT2D eigenvalue weighted by Crippen LogP contribution is 2.20. The van der Waals surface area contributed by atoms with E-state index in [1.54, 1.807) is 35.2 Å². The normalized spacial score (nSPS) is 14.7. The minimum Gasteiger partial charge on any atom is -0.508 e. The van der Waals surface area contributed by atoms with Crippen molar-refractivity contribution in [3.8, 4) is 5.75 Å². The lowest BCUT2D eigenvalue weighted by molar-refractivity contribution is 0.208. The molecule has 1 heterocycles. The van der Waals surface area contributed by atoms with E-state index in [4.69, 9.17) is 0 Å². The number of hydrogen-bond acceptors (Lipinski definition) is 3. The fourth-order valence-electron chi connectivity index (χ4n) is 2.59. The molecule has 1 fully saturated rings. The van der Waals surface area contributed by atoms with Crippen LogP contribution in [0.25, 0.3) is 0 Å². The molecule has 1 aliphatic heterocycles. The molecule has 23 heavy (non-hydrogen) atoms. The van der Waals surface area contributed by atoms with Gasteiger partial charge < -0.3 is 20.2 Å². The molecule has 2 amide bonds. The Labute approximate surface area is 133 Å². The monoisotopic (exact) mass is 315 g/mol. The van der Waals surface area contributed by atoms with E-state index in [0.29, 0.717) is 26.2 Å². The zero-order valence-corrected chi connectivity index (χ0v) is 12.6. The number of phenolic OH excluding ortho intramolecular Hbond substituents is 1. The molecular weight excluding hydrogens is 297 g/mol. The Balaban J connectivity index is 1.57.